The molecule has 0 aliphatic carbocycles. The second-order valence-corrected chi connectivity index (χ2v) is 6.35. The third kappa shape index (κ3) is 5.59. The topological polar surface area (TPSA) is 66.2 Å². The first-order valence-electron chi connectivity index (χ1n) is 7.28. The smallest absolute Gasteiger partial charge is 0.548 e. The van der Waals surface area contributed by atoms with Crippen molar-refractivity contribution in [3.8, 4) is 0 Å². The number of rotatable bonds is 6. The summed E-state index contributed by atoms with van der Waals surface area (Å²) in [4.78, 5) is 10.8. The molecule has 1 unspecified atom stereocenters. The molecule has 0 saturated carbocycles. The zero-order valence-electron chi connectivity index (χ0n) is 13.8. The number of benzene rings is 1. The van der Waals surface area contributed by atoms with E-state index in [1.807, 2.05) is 22.9 Å². The standard InChI is InChI=1S/C18H21NO2S.Na/c1-12(2)13-3-5-14(6-4-13)16(15-9-10-22-11-15)7-8-17(19)18(20)21;/h3-7,9-12,17H,8,19H2,1-2H3,(H,20,21);/q;+1/p-1/b16-7-;. The van der Waals surface area contributed by atoms with Crippen LogP contribution in [0.25, 0.3) is 5.57 Å². The maximum atomic E-state index is 10.8. The van der Waals surface area contributed by atoms with E-state index in [1.165, 1.54) is 5.56 Å². The van der Waals surface area contributed by atoms with Gasteiger partial charge in [0.25, 0.3) is 0 Å². The average Bonchev–Trinajstić information content (AvgIpc) is 3.01. The van der Waals surface area contributed by atoms with Crippen LogP contribution in [0.4, 0.5) is 0 Å². The predicted molar refractivity (Wildman–Crippen MR) is 89.5 cm³/mol. The van der Waals surface area contributed by atoms with Gasteiger partial charge in [-0.2, -0.15) is 11.3 Å². The molecule has 2 aromatic rings. The van der Waals surface area contributed by atoms with Gasteiger partial charge in [0.2, 0.25) is 0 Å². The molecule has 0 aliphatic heterocycles. The van der Waals surface area contributed by atoms with Crippen LogP contribution in [0.5, 0.6) is 0 Å². The van der Waals surface area contributed by atoms with Gasteiger partial charge in [-0.3, -0.25) is 0 Å². The fourth-order valence-corrected chi connectivity index (χ4v) is 2.86. The molecule has 0 saturated heterocycles. The summed E-state index contributed by atoms with van der Waals surface area (Å²) in [7, 11) is 0. The normalized spacial score (nSPS) is 12.8. The monoisotopic (exact) mass is 337 g/mol. The molecule has 0 amide bonds. The molecule has 1 heterocycles. The van der Waals surface area contributed by atoms with Crippen molar-refractivity contribution in [2.45, 2.75) is 32.2 Å². The van der Waals surface area contributed by atoms with Gasteiger partial charge in [0.1, 0.15) is 0 Å². The van der Waals surface area contributed by atoms with Crippen LogP contribution in [0.2, 0.25) is 0 Å². The van der Waals surface area contributed by atoms with E-state index in [0.29, 0.717) is 5.92 Å². The van der Waals surface area contributed by atoms with Crippen molar-refractivity contribution in [1.82, 2.24) is 0 Å². The maximum Gasteiger partial charge on any atom is 1.00 e. The van der Waals surface area contributed by atoms with E-state index < -0.39 is 12.0 Å². The summed E-state index contributed by atoms with van der Waals surface area (Å²) < 4.78 is 0. The van der Waals surface area contributed by atoms with Crippen LogP contribution in [0, 0.1) is 0 Å². The number of carboxylic acids is 1. The Hall–Kier alpha value is -0.910. The number of thiophene rings is 1. The van der Waals surface area contributed by atoms with Crippen LogP contribution in [0.1, 0.15) is 42.9 Å². The summed E-state index contributed by atoms with van der Waals surface area (Å²) in [5.41, 5.74) is 9.98. The summed E-state index contributed by atoms with van der Waals surface area (Å²) in [6.45, 7) is 4.31. The molecule has 5 heteroatoms. The van der Waals surface area contributed by atoms with Gasteiger partial charge in [0.05, 0.1) is 5.97 Å². The maximum absolute atomic E-state index is 10.8. The van der Waals surface area contributed by atoms with Gasteiger partial charge >= 0.3 is 29.6 Å². The molecule has 1 aromatic heterocycles. The Labute approximate surface area is 163 Å². The molecule has 0 aliphatic rings. The molecule has 0 spiro atoms. The Bertz CT molecular complexity index is 648. The first-order valence-corrected chi connectivity index (χ1v) is 8.23. The van der Waals surface area contributed by atoms with E-state index in [1.54, 1.807) is 11.3 Å². The molecule has 23 heavy (non-hydrogen) atoms. The molecule has 3 nitrogen and oxygen atoms in total. The number of carboxylic acid groups (broad SMARTS) is 1. The van der Waals surface area contributed by atoms with Crippen molar-refractivity contribution in [2.75, 3.05) is 0 Å². The van der Waals surface area contributed by atoms with Crippen LogP contribution in [-0.2, 0) is 4.79 Å². The van der Waals surface area contributed by atoms with E-state index in [2.05, 4.69) is 38.1 Å². The Morgan fingerprint density at radius 2 is 1.87 bits per heavy atom. The van der Waals surface area contributed by atoms with Crippen LogP contribution >= 0.6 is 11.3 Å². The zero-order chi connectivity index (χ0) is 16.1. The van der Waals surface area contributed by atoms with E-state index in [4.69, 9.17) is 5.73 Å². The Kier molecular flexibility index (Phi) is 8.23. The van der Waals surface area contributed by atoms with Gasteiger partial charge in [-0.05, 0) is 51.4 Å². The van der Waals surface area contributed by atoms with E-state index >= 15 is 0 Å². The molecule has 2 N–H and O–H groups in total. The summed E-state index contributed by atoms with van der Waals surface area (Å²) in [6, 6.07) is 9.41. The minimum absolute atomic E-state index is 0. The van der Waals surface area contributed by atoms with Gasteiger partial charge in [-0.1, -0.05) is 44.2 Å². The molecule has 116 valence electrons. The largest absolute Gasteiger partial charge is 1.00 e. The third-order valence-electron chi connectivity index (χ3n) is 3.60. The molecule has 0 fully saturated rings. The fourth-order valence-electron chi connectivity index (χ4n) is 2.21. The van der Waals surface area contributed by atoms with Crippen molar-refractivity contribution in [3.05, 3.63) is 63.9 Å². The molecule has 1 atom stereocenters. The number of hydrogen-bond donors (Lipinski definition) is 1. The zero-order valence-corrected chi connectivity index (χ0v) is 16.6. The molecule has 2 rings (SSSR count). The number of hydrogen-bond acceptors (Lipinski definition) is 4. The van der Waals surface area contributed by atoms with Gasteiger partial charge in [0.15, 0.2) is 0 Å². The van der Waals surface area contributed by atoms with Crippen molar-refractivity contribution in [3.63, 3.8) is 0 Å². The van der Waals surface area contributed by atoms with Crippen molar-refractivity contribution >= 4 is 22.9 Å². The summed E-state index contributed by atoms with van der Waals surface area (Å²) in [6.07, 6.45) is 2.13. The number of aliphatic carboxylic acids is 1. The Morgan fingerprint density at radius 3 is 2.35 bits per heavy atom. The summed E-state index contributed by atoms with van der Waals surface area (Å²) >= 11 is 1.61. The molecule has 0 bridgehead atoms. The van der Waals surface area contributed by atoms with Crippen LogP contribution < -0.4 is 40.4 Å². The Morgan fingerprint density at radius 1 is 1.22 bits per heavy atom. The minimum Gasteiger partial charge on any atom is -0.548 e. The third-order valence-corrected chi connectivity index (χ3v) is 4.28. The minimum atomic E-state index is -1.23. The molecular weight excluding hydrogens is 317 g/mol. The quantitative estimate of drug-likeness (QED) is 0.741. The van der Waals surface area contributed by atoms with Gasteiger partial charge < -0.3 is 15.6 Å². The fraction of sp³-hybridized carbons (Fsp3) is 0.278. The number of nitrogens with two attached hydrogens (primary N) is 1. The number of carbonyl (C=O) groups excluding carboxylic acids is 1. The second-order valence-electron chi connectivity index (χ2n) is 5.57. The van der Waals surface area contributed by atoms with E-state index in [9.17, 15) is 9.90 Å². The van der Waals surface area contributed by atoms with Crippen LogP contribution in [-0.4, -0.2) is 12.0 Å². The van der Waals surface area contributed by atoms with Crippen molar-refractivity contribution in [2.24, 2.45) is 5.73 Å². The Balaban J connectivity index is 0.00000264. The SMILES string of the molecule is CC(C)c1ccc(/C(=C/CC(N)C(=O)[O-])c2ccsc2)cc1.[Na+]. The first kappa shape index (κ1) is 20.1. The van der Waals surface area contributed by atoms with Gasteiger partial charge in [-0.25, -0.2) is 0 Å². The van der Waals surface area contributed by atoms with E-state index in [-0.39, 0.29) is 36.0 Å². The second kappa shape index (κ2) is 9.40. The van der Waals surface area contributed by atoms with E-state index in [0.717, 1.165) is 16.7 Å². The van der Waals surface area contributed by atoms with Gasteiger partial charge in [0, 0.05) is 6.04 Å². The molecular formula is C18H20NNaO2S. The summed E-state index contributed by atoms with van der Waals surface area (Å²) in [5.74, 6) is -0.745. The molecule has 0 radical (unpaired) electrons. The van der Waals surface area contributed by atoms with Crippen molar-refractivity contribution < 1.29 is 39.5 Å². The average molecular weight is 337 g/mol. The predicted octanol–water partition coefficient (Wildman–Crippen LogP) is -0.225. The van der Waals surface area contributed by atoms with Crippen LogP contribution in [0.3, 0.4) is 0 Å². The van der Waals surface area contributed by atoms with Gasteiger partial charge in [-0.15, -0.1) is 0 Å². The molecule has 1 aromatic carbocycles. The summed E-state index contributed by atoms with van der Waals surface area (Å²) in [5, 5.41) is 14.8. The number of carbonyl (C=O) groups is 1. The van der Waals surface area contributed by atoms with Crippen LogP contribution in [0.15, 0.2) is 47.2 Å². The van der Waals surface area contributed by atoms with Crippen molar-refractivity contribution in [1.29, 1.82) is 0 Å². The first-order chi connectivity index (χ1) is 10.5.